The van der Waals surface area contributed by atoms with Gasteiger partial charge >= 0.3 is 5.97 Å². The molecular formula is C14H18O6. The van der Waals surface area contributed by atoms with Crippen molar-refractivity contribution in [2.24, 2.45) is 0 Å². The van der Waals surface area contributed by atoms with E-state index < -0.39 is 30.6 Å². The summed E-state index contributed by atoms with van der Waals surface area (Å²) >= 11 is 0. The molecule has 4 atom stereocenters. The van der Waals surface area contributed by atoms with Gasteiger partial charge in [0.15, 0.2) is 6.29 Å². The van der Waals surface area contributed by atoms with Crippen LogP contribution in [0.1, 0.15) is 12.5 Å². The second kappa shape index (κ2) is 6.81. The highest BCUT2D eigenvalue weighted by molar-refractivity contribution is 5.65. The van der Waals surface area contributed by atoms with Gasteiger partial charge in [0, 0.05) is 6.92 Å². The topological polar surface area (TPSA) is 85.2 Å². The fourth-order valence-corrected chi connectivity index (χ4v) is 2.03. The Hall–Kier alpha value is -1.47. The van der Waals surface area contributed by atoms with E-state index in [1.165, 1.54) is 6.92 Å². The smallest absolute Gasteiger partial charge is 0.302 e. The lowest BCUT2D eigenvalue weighted by Crippen LogP contribution is -2.37. The van der Waals surface area contributed by atoms with Gasteiger partial charge in [0.05, 0.1) is 6.61 Å². The SMILES string of the molecule is CC(=O)OC[C@H]1O[C@H](O)[C@@H](O)[C@H]1OCc1ccccc1. The zero-order valence-corrected chi connectivity index (χ0v) is 11.1. The summed E-state index contributed by atoms with van der Waals surface area (Å²) in [6.07, 6.45) is -3.94. The molecule has 1 heterocycles. The van der Waals surface area contributed by atoms with Gasteiger partial charge in [-0.3, -0.25) is 4.79 Å². The molecule has 20 heavy (non-hydrogen) atoms. The summed E-state index contributed by atoms with van der Waals surface area (Å²) in [5.41, 5.74) is 0.937. The van der Waals surface area contributed by atoms with E-state index in [9.17, 15) is 15.0 Å². The molecule has 0 radical (unpaired) electrons. The third-order valence-electron chi connectivity index (χ3n) is 3.05. The molecule has 0 bridgehead atoms. The number of benzene rings is 1. The number of hydrogen-bond acceptors (Lipinski definition) is 6. The van der Waals surface area contributed by atoms with E-state index in [4.69, 9.17) is 14.2 Å². The third-order valence-corrected chi connectivity index (χ3v) is 3.05. The number of aliphatic hydroxyl groups excluding tert-OH is 2. The fraction of sp³-hybridized carbons (Fsp3) is 0.500. The Balaban J connectivity index is 1.93. The quantitative estimate of drug-likeness (QED) is 0.751. The van der Waals surface area contributed by atoms with Gasteiger partial charge in [0.1, 0.15) is 24.9 Å². The van der Waals surface area contributed by atoms with Crippen LogP contribution < -0.4 is 0 Å². The molecule has 1 aliphatic heterocycles. The number of carbonyl (C=O) groups is 1. The monoisotopic (exact) mass is 282 g/mol. The molecule has 6 nitrogen and oxygen atoms in total. The number of carbonyl (C=O) groups excluding carboxylic acids is 1. The van der Waals surface area contributed by atoms with Crippen LogP contribution in [0.4, 0.5) is 0 Å². The number of aliphatic hydroxyl groups is 2. The standard InChI is InChI=1S/C14H18O6/c1-9(15)18-8-11-13(12(16)14(17)20-11)19-7-10-5-3-2-4-6-10/h2-6,11-14,16-17H,7-8H2,1H3/t11-,12+,13+,14+/m1/s1. The highest BCUT2D eigenvalue weighted by Gasteiger charge is 2.44. The van der Waals surface area contributed by atoms with Gasteiger partial charge in [0.2, 0.25) is 0 Å². The summed E-state index contributed by atoms with van der Waals surface area (Å²) in [4.78, 5) is 10.8. The first-order chi connectivity index (χ1) is 9.58. The maximum atomic E-state index is 10.8. The average molecular weight is 282 g/mol. The maximum absolute atomic E-state index is 10.8. The van der Waals surface area contributed by atoms with Crippen LogP contribution in [0, 0.1) is 0 Å². The van der Waals surface area contributed by atoms with Gasteiger partial charge in [-0.2, -0.15) is 0 Å². The molecule has 0 spiro atoms. The lowest BCUT2D eigenvalue weighted by molar-refractivity contribution is -0.156. The van der Waals surface area contributed by atoms with E-state index in [1.807, 2.05) is 30.3 Å². The minimum absolute atomic E-state index is 0.0666. The average Bonchev–Trinajstić information content (AvgIpc) is 2.71. The lowest BCUT2D eigenvalue weighted by Gasteiger charge is -2.20. The second-order valence-electron chi connectivity index (χ2n) is 4.62. The highest BCUT2D eigenvalue weighted by atomic mass is 16.7. The molecule has 1 fully saturated rings. The number of hydrogen-bond donors (Lipinski definition) is 2. The highest BCUT2D eigenvalue weighted by Crippen LogP contribution is 2.24. The molecular weight excluding hydrogens is 264 g/mol. The van der Waals surface area contributed by atoms with E-state index in [1.54, 1.807) is 0 Å². The predicted molar refractivity (Wildman–Crippen MR) is 68.5 cm³/mol. The summed E-state index contributed by atoms with van der Waals surface area (Å²) in [6, 6.07) is 9.43. The van der Waals surface area contributed by atoms with Crippen molar-refractivity contribution in [1.82, 2.24) is 0 Å². The van der Waals surface area contributed by atoms with Crippen LogP contribution in [0.5, 0.6) is 0 Å². The lowest BCUT2D eigenvalue weighted by atomic mass is 10.1. The predicted octanol–water partition coefficient (Wildman–Crippen LogP) is 0.213. The van der Waals surface area contributed by atoms with E-state index in [-0.39, 0.29) is 13.2 Å². The van der Waals surface area contributed by atoms with Gasteiger partial charge in [-0.05, 0) is 5.56 Å². The number of rotatable bonds is 5. The Morgan fingerprint density at radius 3 is 2.65 bits per heavy atom. The Morgan fingerprint density at radius 2 is 2.00 bits per heavy atom. The van der Waals surface area contributed by atoms with Crippen LogP contribution in [-0.2, 0) is 25.6 Å². The minimum Gasteiger partial charge on any atom is -0.463 e. The van der Waals surface area contributed by atoms with Crippen LogP contribution in [0.2, 0.25) is 0 Å². The third kappa shape index (κ3) is 3.77. The molecule has 0 unspecified atom stereocenters. The van der Waals surface area contributed by atoms with Crippen molar-refractivity contribution in [3.8, 4) is 0 Å². The maximum Gasteiger partial charge on any atom is 0.302 e. The van der Waals surface area contributed by atoms with Crippen LogP contribution in [-0.4, -0.2) is 47.4 Å². The molecule has 6 heteroatoms. The molecule has 0 saturated carbocycles. The molecule has 1 aliphatic rings. The fourth-order valence-electron chi connectivity index (χ4n) is 2.03. The van der Waals surface area contributed by atoms with Gasteiger partial charge in [-0.1, -0.05) is 30.3 Å². The molecule has 110 valence electrons. The van der Waals surface area contributed by atoms with Crippen LogP contribution >= 0.6 is 0 Å². The van der Waals surface area contributed by atoms with Crippen LogP contribution in [0.15, 0.2) is 30.3 Å². The Morgan fingerprint density at radius 1 is 1.30 bits per heavy atom. The van der Waals surface area contributed by atoms with E-state index in [0.717, 1.165) is 5.56 Å². The number of esters is 1. The molecule has 2 rings (SSSR count). The first-order valence-electron chi connectivity index (χ1n) is 6.38. The summed E-state index contributed by atoms with van der Waals surface area (Å²) in [5, 5.41) is 19.3. The van der Waals surface area contributed by atoms with Gasteiger partial charge < -0.3 is 24.4 Å². The van der Waals surface area contributed by atoms with Gasteiger partial charge in [-0.15, -0.1) is 0 Å². The molecule has 1 saturated heterocycles. The minimum atomic E-state index is -1.34. The van der Waals surface area contributed by atoms with Crippen molar-refractivity contribution in [2.45, 2.75) is 38.1 Å². The summed E-state index contributed by atoms with van der Waals surface area (Å²) in [6.45, 7) is 1.49. The summed E-state index contributed by atoms with van der Waals surface area (Å²) in [7, 11) is 0. The van der Waals surface area contributed by atoms with Crippen molar-refractivity contribution in [3.63, 3.8) is 0 Å². The first kappa shape index (κ1) is 14.9. The molecule has 1 aromatic carbocycles. The molecule has 0 aromatic heterocycles. The molecule has 2 N–H and O–H groups in total. The van der Waals surface area contributed by atoms with Crippen molar-refractivity contribution in [3.05, 3.63) is 35.9 Å². The Bertz CT molecular complexity index is 435. The zero-order valence-electron chi connectivity index (χ0n) is 11.1. The van der Waals surface area contributed by atoms with Gasteiger partial charge in [0.25, 0.3) is 0 Å². The summed E-state index contributed by atoms with van der Waals surface area (Å²) < 4.78 is 15.6. The zero-order chi connectivity index (χ0) is 14.5. The molecule has 0 amide bonds. The Labute approximate surface area is 116 Å². The van der Waals surface area contributed by atoms with Crippen molar-refractivity contribution >= 4 is 5.97 Å². The normalized spacial score (nSPS) is 29.4. The van der Waals surface area contributed by atoms with Gasteiger partial charge in [-0.25, -0.2) is 0 Å². The second-order valence-corrected chi connectivity index (χ2v) is 4.62. The van der Waals surface area contributed by atoms with Crippen molar-refractivity contribution in [2.75, 3.05) is 6.61 Å². The van der Waals surface area contributed by atoms with Crippen molar-refractivity contribution < 1.29 is 29.2 Å². The molecule has 0 aliphatic carbocycles. The summed E-state index contributed by atoms with van der Waals surface area (Å²) in [5.74, 6) is -0.453. The van der Waals surface area contributed by atoms with Crippen LogP contribution in [0.25, 0.3) is 0 Å². The Kier molecular flexibility index (Phi) is 5.08. The van der Waals surface area contributed by atoms with Crippen molar-refractivity contribution in [1.29, 1.82) is 0 Å². The van der Waals surface area contributed by atoms with E-state index in [0.29, 0.717) is 0 Å². The number of ether oxygens (including phenoxy) is 3. The van der Waals surface area contributed by atoms with E-state index >= 15 is 0 Å². The first-order valence-corrected chi connectivity index (χ1v) is 6.38. The van der Waals surface area contributed by atoms with E-state index in [2.05, 4.69) is 0 Å². The molecule has 1 aromatic rings. The largest absolute Gasteiger partial charge is 0.463 e. The van der Waals surface area contributed by atoms with Crippen LogP contribution in [0.3, 0.4) is 0 Å².